The van der Waals surface area contributed by atoms with Gasteiger partial charge in [0.1, 0.15) is 6.61 Å². The Kier molecular flexibility index (Phi) is 7.45. The van der Waals surface area contributed by atoms with Crippen LogP contribution in [0.15, 0.2) is 66.7 Å². The highest BCUT2D eigenvalue weighted by Crippen LogP contribution is 2.28. The number of hydrogen-bond acceptors (Lipinski definition) is 5. The molecule has 0 bridgehead atoms. The maximum Gasteiger partial charge on any atom is 0.311 e. The Morgan fingerprint density at radius 2 is 1.74 bits per heavy atom. The van der Waals surface area contributed by atoms with Gasteiger partial charge in [0.05, 0.1) is 4.92 Å². The van der Waals surface area contributed by atoms with Crippen molar-refractivity contribution in [3.63, 3.8) is 0 Å². The van der Waals surface area contributed by atoms with Crippen LogP contribution in [-0.4, -0.2) is 46.8 Å². The van der Waals surface area contributed by atoms with Crippen molar-refractivity contribution in [2.75, 3.05) is 26.2 Å². The van der Waals surface area contributed by atoms with E-state index in [0.717, 1.165) is 35.8 Å². The molecule has 34 heavy (non-hydrogen) atoms. The number of benzene rings is 3. The monoisotopic (exact) mass is 479 g/mol. The summed E-state index contributed by atoms with van der Waals surface area (Å²) in [5.74, 6) is 0.193. The molecule has 0 saturated carbocycles. The van der Waals surface area contributed by atoms with Crippen LogP contribution in [-0.2, 0) is 13.2 Å². The van der Waals surface area contributed by atoms with Crippen LogP contribution in [0.1, 0.15) is 27.0 Å². The molecule has 0 spiro atoms. The lowest BCUT2D eigenvalue weighted by atomic mass is 10.1. The minimum absolute atomic E-state index is 0.0192. The molecule has 0 aliphatic carbocycles. The molecule has 1 amide bonds. The first kappa shape index (κ1) is 23.7. The van der Waals surface area contributed by atoms with E-state index in [1.165, 1.54) is 11.6 Å². The molecule has 1 aliphatic rings. The van der Waals surface area contributed by atoms with E-state index in [0.29, 0.717) is 18.7 Å². The van der Waals surface area contributed by atoms with E-state index in [-0.39, 0.29) is 24.0 Å². The molecule has 0 atom stereocenters. The largest absolute Gasteiger partial charge is 0.482 e. The Balaban J connectivity index is 1.34. The number of nitro benzene ring substituents is 1. The van der Waals surface area contributed by atoms with Gasteiger partial charge in [-0.15, -0.1) is 0 Å². The van der Waals surface area contributed by atoms with E-state index in [9.17, 15) is 14.9 Å². The topological polar surface area (TPSA) is 75.9 Å². The zero-order valence-electron chi connectivity index (χ0n) is 18.9. The molecule has 1 aliphatic heterocycles. The van der Waals surface area contributed by atoms with E-state index in [1.807, 2.05) is 41.3 Å². The summed E-state index contributed by atoms with van der Waals surface area (Å²) in [6.07, 6.45) is 0. The summed E-state index contributed by atoms with van der Waals surface area (Å²) < 4.78 is 5.72. The molecule has 0 N–H and O–H groups in total. The molecular weight excluding hydrogens is 454 g/mol. The van der Waals surface area contributed by atoms with Crippen molar-refractivity contribution >= 4 is 23.2 Å². The molecule has 176 valence electrons. The fraction of sp³-hybridized carbons (Fsp3) is 0.269. The SMILES string of the molecule is Cc1ccc(OCc2cccc(C(=O)N3CCN(Cc4ccc(Cl)cc4)CC3)c2)c([N+](=O)[O-])c1. The molecule has 0 radical (unpaired) electrons. The number of piperazine rings is 1. The molecule has 1 saturated heterocycles. The number of hydrogen-bond donors (Lipinski definition) is 0. The fourth-order valence-electron chi connectivity index (χ4n) is 3.99. The van der Waals surface area contributed by atoms with Gasteiger partial charge in [-0.2, -0.15) is 0 Å². The predicted molar refractivity (Wildman–Crippen MR) is 131 cm³/mol. The van der Waals surface area contributed by atoms with Gasteiger partial charge in [-0.05, 0) is 53.9 Å². The van der Waals surface area contributed by atoms with Crippen LogP contribution >= 0.6 is 11.6 Å². The third-order valence-corrected chi connectivity index (χ3v) is 6.11. The van der Waals surface area contributed by atoms with Crippen LogP contribution in [0.4, 0.5) is 5.69 Å². The first-order valence-corrected chi connectivity index (χ1v) is 11.5. The summed E-state index contributed by atoms with van der Waals surface area (Å²) >= 11 is 5.96. The van der Waals surface area contributed by atoms with Crippen molar-refractivity contribution in [2.24, 2.45) is 0 Å². The number of nitro groups is 1. The average Bonchev–Trinajstić information content (AvgIpc) is 2.85. The zero-order chi connectivity index (χ0) is 24.1. The van der Waals surface area contributed by atoms with Gasteiger partial charge < -0.3 is 9.64 Å². The Labute approximate surface area is 203 Å². The normalized spacial score (nSPS) is 14.1. The molecule has 4 rings (SSSR count). The third kappa shape index (κ3) is 5.92. The van der Waals surface area contributed by atoms with Crippen LogP contribution in [0.5, 0.6) is 5.75 Å². The van der Waals surface area contributed by atoms with Crippen LogP contribution < -0.4 is 4.74 Å². The molecule has 0 aromatic heterocycles. The second-order valence-corrected chi connectivity index (χ2v) is 8.85. The lowest BCUT2D eigenvalue weighted by Gasteiger charge is -2.34. The van der Waals surface area contributed by atoms with Gasteiger partial charge in [-0.1, -0.05) is 41.9 Å². The molecule has 3 aromatic carbocycles. The van der Waals surface area contributed by atoms with Crippen molar-refractivity contribution in [3.05, 3.63) is 104 Å². The maximum absolute atomic E-state index is 13.1. The van der Waals surface area contributed by atoms with Gasteiger partial charge in [0, 0.05) is 49.4 Å². The number of nitrogens with zero attached hydrogens (tertiary/aromatic N) is 3. The highest BCUT2D eigenvalue weighted by atomic mass is 35.5. The summed E-state index contributed by atoms with van der Waals surface area (Å²) in [6.45, 7) is 5.67. The molecule has 1 heterocycles. The van der Waals surface area contributed by atoms with Gasteiger partial charge in [0.2, 0.25) is 0 Å². The first-order chi connectivity index (χ1) is 16.4. The lowest BCUT2D eigenvalue weighted by molar-refractivity contribution is -0.386. The zero-order valence-corrected chi connectivity index (χ0v) is 19.7. The lowest BCUT2D eigenvalue weighted by Crippen LogP contribution is -2.48. The van der Waals surface area contributed by atoms with Gasteiger partial charge in [0.15, 0.2) is 5.75 Å². The predicted octanol–water partition coefficient (Wildman–Crippen LogP) is 5.09. The highest BCUT2D eigenvalue weighted by molar-refractivity contribution is 6.30. The van der Waals surface area contributed by atoms with Crippen molar-refractivity contribution < 1.29 is 14.5 Å². The van der Waals surface area contributed by atoms with E-state index >= 15 is 0 Å². The molecule has 8 heteroatoms. The number of aryl methyl sites for hydroxylation is 1. The van der Waals surface area contributed by atoms with Crippen molar-refractivity contribution in [1.82, 2.24) is 9.80 Å². The summed E-state index contributed by atoms with van der Waals surface area (Å²) in [4.78, 5) is 28.1. The smallest absolute Gasteiger partial charge is 0.311 e. The van der Waals surface area contributed by atoms with Crippen LogP contribution in [0.25, 0.3) is 0 Å². The Morgan fingerprint density at radius 3 is 2.44 bits per heavy atom. The number of ether oxygens (including phenoxy) is 1. The van der Waals surface area contributed by atoms with E-state index in [2.05, 4.69) is 4.90 Å². The van der Waals surface area contributed by atoms with Crippen LogP contribution in [0, 0.1) is 17.0 Å². The Hall–Kier alpha value is -3.42. The van der Waals surface area contributed by atoms with Gasteiger partial charge in [-0.3, -0.25) is 19.8 Å². The minimum Gasteiger partial charge on any atom is -0.482 e. The summed E-state index contributed by atoms with van der Waals surface area (Å²) in [6, 6.07) is 19.9. The number of halogens is 1. The Morgan fingerprint density at radius 1 is 1.00 bits per heavy atom. The van der Waals surface area contributed by atoms with Gasteiger partial charge in [0.25, 0.3) is 5.91 Å². The van der Waals surface area contributed by atoms with Crippen molar-refractivity contribution in [3.8, 4) is 5.75 Å². The summed E-state index contributed by atoms with van der Waals surface area (Å²) in [5.41, 5.74) is 3.29. The first-order valence-electron chi connectivity index (χ1n) is 11.1. The molecular formula is C26H26ClN3O4. The third-order valence-electron chi connectivity index (χ3n) is 5.86. The summed E-state index contributed by atoms with van der Waals surface area (Å²) in [5, 5.41) is 12.0. The quantitative estimate of drug-likeness (QED) is 0.348. The molecule has 3 aromatic rings. The van der Waals surface area contributed by atoms with E-state index < -0.39 is 4.92 Å². The maximum atomic E-state index is 13.1. The Bertz CT molecular complexity index is 1170. The number of rotatable bonds is 7. The highest BCUT2D eigenvalue weighted by Gasteiger charge is 2.22. The number of carbonyl (C=O) groups excluding carboxylic acids is 1. The second-order valence-electron chi connectivity index (χ2n) is 8.41. The van der Waals surface area contributed by atoms with Gasteiger partial charge >= 0.3 is 5.69 Å². The number of carbonyl (C=O) groups is 1. The van der Waals surface area contributed by atoms with Crippen LogP contribution in [0.3, 0.4) is 0 Å². The second kappa shape index (κ2) is 10.7. The minimum atomic E-state index is -0.450. The van der Waals surface area contributed by atoms with E-state index in [4.69, 9.17) is 16.3 Å². The standard InChI is InChI=1S/C26H26ClN3O4/c1-19-5-10-25(24(15-19)30(32)33)34-18-21-3-2-4-22(16-21)26(31)29-13-11-28(12-14-29)17-20-6-8-23(27)9-7-20/h2-10,15-16H,11-14,17-18H2,1H3. The summed E-state index contributed by atoms with van der Waals surface area (Å²) in [7, 11) is 0. The molecule has 0 unspecified atom stereocenters. The fourth-order valence-corrected chi connectivity index (χ4v) is 4.11. The molecule has 7 nitrogen and oxygen atoms in total. The van der Waals surface area contributed by atoms with Gasteiger partial charge in [-0.25, -0.2) is 0 Å². The van der Waals surface area contributed by atoms with Crippen molar-refractivity contribution in [1.29, 1.82) is 0 Å². The number of amides is 1. The molecule has 1 fully saturated rings. The average molecular weight is 480 g/mol. The van der Waals surface area contributed by atoms with E-state index in [1.54, 1.807) is 31.2 Å². The van der Waals surface area contributed by atoms with Crippen molar-refractivity contribution in [2.45, 2.75) is 20.1 Å². The van der Waals surface area contributed by atoms with Crippen LogP contribution in [0.2, 0.25) is 5.02 Å².